The second kappa shape index (κ2) is 9.21. The molecular formula is C18H25NO6. The third kappa shape index (κ3) is 5.89. The minimum Gasteiger partial charge on any atom is -0.480 e. The fraction of sp³-hybridized carbons (Fsp3) is 0.667. The van der Waals surface area contributed by atoms with E-state index in [4.69, 9.17) is 11.2 Å². The average molecular weight is 351 g/mol. The zero-order valence-electron chi connectivity index (χ0n) is 14.7. The van der Waals surface area contributed by atoms with Crippen molar-refractivity contribution in [1.29, 1.82) is 0 Å². The van der Waals surface area contributed by atoms with E-state index in [2.05, 4.69) is 5.92 Å². The Bertz CT molecular complexity index is 575. The molecule has 0 aromatic carbocycles. The van der Waals surface area contributed by atoms with Crippen LogP contribution in [0.25, 0.3) is 0 Å². The molecule has 1 aliphatic heterocycles. The van der Waals surface area contributed by atoms with Crippen LogP contribution in [0, 0.1) is 17.8 Å². The Hall–Kier alpha value is -2.36. The summed E-state index contributed by atoms with van der Waals surface area (Å²) in [6.45, 7) is 3.00. The molecule has 0 aromatic rings. The van der Waals surface area contributed by atoms with Crippen LogP contribution < -0.4 is 0 Å². The number of carboxylic acid groups (broad SMARTS) is 1. The first-order chi connectivity index (χ1) is 11.7. The van der Waals surface area contributed by atoms with E-state index in [0.717, 1.165) is 4.90 Å². The quantitative estimate of drug-likeness (QED) is 0.307. The van der Waals surface area contributed by atoms with Crippen LogP contribution in [-0.4, -0.2) is 52.8 Å². The maximum absolute atomic E-state index is 12.5. The number of piperidine rings is 1. The Morgan fingerprint density at radius 3 is 2.56 bits per heavy atom. The van der Waals surface area contributed by atoms with Crippen molar-refractivity contribution in [2.24, 2.45) is 5.41 Å². The highest BCUT2D eigenvalue weighted by molar-refractivity contribution is 6.38. The van der Waals surface area contributed by atoms with Crippen LogP contribution in [0.1, 0.15) is 52.4 Å². The molecule has 1 rings (SSSR count). The second-order valence-electron chi connectivity index (χ2n) is 6.78. The highest BCUT2D eigenvalue weighted by Gasteiger charge is 2.41. The molecule has 1 fully saturated rings. The molecule has 1 saturated heterocycles. The summed E-state index contributed by atoms with van der Waals surface area (Å²) in [5.74, 6) is -0.761. The number of hydrogen-bond donors (Lipinski definition) is 1. The molecule has 25 heavy (non-hydrogen) atoms. The summed E-state index contributed by atoms with van der Waals surface area (Å²) in [5, 5.41) is 9.23. The summed E-state index contributed by atoms with van der Waals surface area (Å²) in [7, 11) is 0. The Labute approximate surface area is 147 Å². The molecule has 7 nitrogen and oxygen atoms in total. The largest absolute Gasteiger partial charge is 0.480 e. The van der Waals surface area contributed by atoms with Crippen molar-refractivity contribution >= 4 is 23.6 Å². The van der Waals surface area contributed by atoms with Crippen LogP contribution in [0.5, 0.6) is 0 Å². The fourth-order valence-corrected chi connectivity index (χ4v) is 2.58. The van der Waals surface area contributed by atoms with Crippen molar-refractivity contribution in [2.75, 3.05) is 13.2 Å². The van der Waals surface area contributed by atoms with E-state index < -0.39 is 35.1 Å². The maximum atomic E-state index is 12.5. The first-order valence-corrected chi connectivity index (χ1v) is 8.38. The van der Waals surface area contributed by atoms with Gasteiger partial charge >= 0.3 is 11.9 Å². The van der Waals surface area contributed by atoms with Crippen LogP contribution in [0.3, 0.4) is 0 Å². The number of hydrogen-bond acceptors (Lipinski definition) is 5. The smallest absolute Gasteiger partial charge is 0.326 e. The van der Waals surface area contributed by atoms with E-state index in [-0.39, 0.29) is 19.6 Å². The molecule has 1 aliphatic rings. The lowest BCUT2D eigenvalue weighted by molar-refractivity contribution is -0.160. The summed E-state index contributed by atoms with van der Waals surface area (Å²) < 4.78 is 5.07. The molecule has 0 spiro atoms. The number of esters is 1. The van der Waals surface area contributed by atoms with Gasteiger partial charge in [-0.15, -0.1) is 12.3 Å². The van der Waals surface area contributed by atoms with Crippen molar-refractivity contribution in [3.63, 3.8) is 0 Å². The number of carbonyl (C=O) groups is 4. The van der Waals surface area contributed by atoms with Crippen molar-refractivity contribution in [3.8, 4) is 12.3 Å². The van der Waals surface area contributed by atoms with Gasteiger partial charge in [0.2, 0.25) is 5.78 Å². The van der Waals surface area contributed by atoms with Crippen LogP contribution in [-0.2, 0) is 23.9 Å². The van der Waals surface area contributed by atoms with E-state index >= 15 is 0 Å². The van der Waals surface area contributed by atoms with Gasteiger partial charge in [-0.05, 0) is 39.5 Å². The lowest BCUT2D eigenvalue weighted by Crippen LogP contribution is -2.53. The molecule has 1 amide bonds. The van der Waals surface area contributed by atoms with Gasteiger partial charge in [-0.1, -0.05) is 0 Å². The predicted molar refractivity (Wildman–Crippen MR) is 89.4 cm³/mol. The number of nitrogens with zero attached hydrogens (tertiary/aromatic N) is 1. The summed E-state index contributed by atoms with van der Waals surface area (Å²) >= 11 is 0. The van der Waals surface area contributed by atoms with E-state index in [1.54, 1.807) is 0 Å². The van der Waals surface area contributed by atoms with Crippen LogP contribution in [0.4, 0.5) is 0 Å². The molecule has 0 saturated carbocycles. The number of likely N-dealkylation sites (tertiary alicyclic amines) is 1. The van der Waals surface area contributed by atoms with Gasteiger partial charge in [0.25, 0.3) is 5.91 Å². The minimum absolute atomic E-state index is 0.148. The normalized spacial score (nSPS) is 17.5. The molecule has 0 aliphatic carbocycles. The Morgan fingerprint density at radius 1 is 1.28 bits per heavy atom. The van der Waals surface area contributed by atoms with Crippen molar-refractivity contribution in [3.05, 3.63) is 0 Å². The van der Waals surface area contributed by atoms with Gasteiger partial charge in [-0.3, -0.25) is 14.4 Å². The number of aliphatic carboxylic acids is 1. The number of Topliss-reactive ketones (excluding diaryl/α,β-unsaturated/α-hetero) is 1. The molecule has 7 heteroatoms. The number of carbonyl (C=O) groups excluding carboxylic acids is 3. The van der Waals surface area contributed by atoms with Gasteiger partial charge < -0.3 is 14.7 Å². The molecule has 0 aromatic heterocycles. The Balaban J connectivity index is 2.66. The first kappa shape index (κ1) is 20.7. The molecule has 0 unspecified atom stereocenters. The minimum atomic E-state index is -1.22. The second-order valence-corrected chi connectivity index (χ2v) is 6.78. The molecule has 0 bridgehead atoms. The Morgan fingerprint density at radius 2 is 1.96 bits per heavy atom. The lowest BCUT2D eigenvalue weighted by Gasteiger charge is -2.34. The van der Waals surface area contributed by atoms with Crippen molar-refractivity contribution < 1.29 is 29.0 Å². The molecule has 1 N–H and O–H groups in total. The van der Waals surface area contributed by atoms with Gasteiger partial charge in [0, 0.05) is 19.4 Å². The first-order valence-electron chi connectivity index (χ1n) is 8.38. The van der Waals surface area contributed by atoms with Crippen molar-refractivity contribution in [1.82, 2.24) is 4.90 Å². The number of ether oxygens (including phenoxy) is 1. The van der Waals surface area contributed by atoms with Gasteiger partial charge in [0.05, 0.1) is 5.41 Å². The van der Waals surface area contributed by atoms with E-state index in [9.17, 15) is 24.3 Å². The van der Waals surface area contributed by atoms with Crippen LogP contribution in [0.15, 0.2) is 0 Å². The highest BCUT2D eigenvalue weighted by atomic mass is 16.5. The van der Waals surface area contributed by atoms with Gasteiger partial charge in [0.1, 0.15) is 12.6 Å². The molecule has 0 radical (unpaired) electrons. The summed E-state index contributed by atoms with van der Waals surface area (Å²) in [5.41, 5.74) is -1.22. The number of ketones is 1. The number of carboxylic acids is 1. The zero-order valence-corrected chi connectivity index (χ0v) is 14.7. The van der Waals surface area contributed by atoms with E-state index in [1.807, 2.05) is 0 Å². The summed E-state index contributed by atoms with van der Waals surface area (Å²) in [6.07, 6.45) is 7.90. The number of terminal acetylenes is 1. The standard InChI is InChI=1S/C18H25NO6/c1-4-5-6-10-14(20)25-12-18(2,3)15(21)16(22)19-11-8-7-9-13(19)17(23)24/h1,13H,5-12H2,2-3H3,(H,23,24)/t13-/m0/s1. The number of unbranched alkanes of at least 4 members (excludes halogenated alkanes) is 1. The third-order valence-electron chi connectivity index (χ3n) is 4.15. The SMILES string of the molecule is C#CCCCC(=O)OCC(C)(C)C(=O)C(=O)N1CCCC[C@H]1C(=O)O. The Kier molecular flexibility index (Phi) is 7.62. The molecule has 1 atom stereocenters. The predicted octanol–water partition coefficient (Wildman–Crippen LogP) is 1.39. The van der Waals surface area contributed by atoms with Gasteiger partial charge in [-0.25, -0.2) is 4.79 Å². The lowest BCUT2D eigenvalue weighted by atomic mass is 9.87. The van der Waals surface area contributed by atoms with E-state index in [1.165, 1.54) is 13.8 Å². The maximum Gasteiger partial charge on any atom is 0.326 e. The van der Waals surface area contributed by atoms with E-state index in [0.29, 0.717) is 32.1 Å². The molecule has 1 heterocycles. The molecular weight excluding hydrogens is 326 g/mol. The highest BCUT2D eigenvalue weighted by Crippen LogP contribution is 2.23. The zero-order chi connectivity index (χ0) is 19.0. The van der Waals surface area contributed by atoms with Crippen LogP contribution >= 0.6 is 0 Å². The summed E-state index contributed by atoms with van der Waals surface area (Å²) in [4.78, 5) is 49.0. The van der Waals surface area contributed by atoms with Gasteiger partial charge in [0.15, 0.2) is 0 Å². The fourth-order valence-electron chi connectivity index (χ4n) is 2.58. The average Bonchev–Trinajstić information content (AvgIpc) is 2.59. The molecule has 138 valence electrons. The summed E-state index contributed by atoms with van der Waals surface area (Å²) in [6, 6.07) is -0.979. The van der Waals surface area contributed by atoms with Crippen molar-refractivity contribution in [2.45, 2.75) is 58.4 Å². The number of rotatable bonds is 8. The van der Waals surface area contributed by atoms with Crippen LogP contribution in [0.2, 0.25) is 0 Å². The number of amides is 1. The third-order valence-corrected chi connectivity index (χ3v) is 4.15. The van der Waals surface area contributed by atoms with Gasteiger partial charge in [-0.2, -0.15) is 0 Å². The topological polar surface area (TPSA) is 101 Å². The monoisotopic (exact) mass is 351 g/mol.